The molecule has 0 saturated carbocycles. The number of hydrogen-bond acceptors (Lipinski definition) is 5. The molecule has 0 rings (SSSR count). The lowest BCUT2D eigenvalue weighted by Crippen LogP contribution is -2.46. The molecular weight excluding hydrogens is 454 g/mol. The molecule has 0 aliphatic rings. The SMILES string of the molecule is CCCCCCCCCCCCCCCCCCC(O)(CCCO)CCNC(=O)[C@H](O)C(C)(C)CO. The van der Waals surface area contributed by atoms with Crippen LogP contribution < -0.4 is 5.32 Å². The molecule has 1 amide bonds. The lowest BCUT2D eigenvalue weighted by atomic mass is 9.86. The Bertz CT molecular complexity index is 514. The van der Waals surface area contributed by atoms with Gasteiger partial charge < -0.3 is 25.7 Å². The van der Waals surface area contributed by atoms with Gasteiger partial charge in [0, 0.05) is 18.6 Å². The molecule has 0 aromatic rings. The molecule has 6 nitrogen and oxygen atoms in total. The van der Waals surface area contributed by atoms with E-state index in [-0.39, 0.29) is 19.8 Å². The Balaban J connectivity index is 3.90. The van der Waals surface area contributed by atoms with Gasteiger partial charge in [-0.1, -0.05) is 124 Å². The maximum atomic E-state index is 12.2. The fourth-order valence-corrected chi connectivity index (χ4v) is 4.74. The summed E-state index contributed by atoms with van der Waals surface area (Å²) in [4.78, 5) is 12.2. The number of carbonyl (C=O) groups excluding carboxylic acids is 1. The van der Waals surface area contributed by atoms with Gasteiger partial charge in [0.25, 0.3) is 0 Å². The molecule has 0 radical (unpaired) electrons. The first-order valence-electron chi connectivity index (χ1n) is 15.1. The minimum Gasteiger partial charge on any atom is -0.396 e. The van der Waals surface area contributed by atoms with Crippen LogP contribution in [0.3, 0.4) is 0 Å². The van der Waals surface area contributed by atoms with Crippen LogP contribution in [0.4, 0.5) is 0 Å². The van der Waals surface area contributed by atoms with Crippen molar-refractivity contribution in [2.75, 3.05) is 19.8 Å². The van der Waals surface area contributed by atoms with Gasteiger partial charge in [-0.2, -0.15) is 0 Å². The van der Waals surface area contributed by atoms with Crippen LogP contribution in [0.2, 0.25) is 0 Å². The summed E-state index contributed by atoms with van der Waals surface area (Å²) in [5.74, 6) is -0.527. The molecule has 0 spiro atoms. The van der Waals surface area contributed by atoms with Crippen molar-refractivity contribution in [1.29, 1.82) is 0 Å². The van der Waals surface area contributed by atoms with Gasteiger partial charge in [-0.05, 0) is 25.7 Å². The summed E-state index contributed by atoms with van der Waals surface area (Å²) in [6.45, 7) is 5.54. The van der Waals surface area contributed by atoms with Crippen LogP contribution in [0.15, 0.2) is 0 Å². The van der Waals surface area contributed by atoms with Crippen molar-refractivity contribution in [2.45, 2.75) is 161 Å². The molecule has 1 unspecified atom stereocenters. The fourth-order valence-electron chi connectivity index (χ4n) is 4.74. The van der Waals surface area contributed by atoms with E-state index in [1.807, 2.05) is 0 Å². The minimum atomic E-state index is -1.30. The first kappa shape index (κ1) is 35.3. The van der Waals surface area contributed by atoms with Crippen LogP contribution in [0.5, 0.6) is 0 Å². The van der Waals surface area contributed by atoms with Crippen LogP contribution in [-0.4, -0.2) is 57.8 Å². The zero-order valence-corrected chi connectivity index (χ0v) is 24.0. The van der Waals surface area contributed by atoms with Gasteiger partial charge in [0.15, 0.2) is 0 Å². The van der Waals surface area contributed by atoms with Crippen LogP contribution in [0.25, 0.3) is 0 Å². The van der Waals surface area contributed by atoms with Gasteiger partial charge in [0.2, 0.25) is 5.91 Å². The Morgan fingerprint density at radius 1 is 0.694 bits per heavy atom. The van der Waals surface area contributed by atoms with Gasteiger partial charge in [0.05, 0.1) is 12.2 Å². The highest BCUT2D eigenvalue weighted by Gasteiger charge is 2.33. The third-order valence-corrected chi connectivity index (χ3v) is 7.58. The third kappa shape index (κ3) is 18.5. The van der Waals surface area contributed by atoms with E-state index in [1.54, 1.807) is 13.8 Å². The summed E-state index contributed by atoms with van der Waals surface area (Å²) in [6, 6.07) is 0. The summed E-state index contributed by atoms with van der Waals surface area (Å²) in [6.07, 6.45) is 21.8. The summed E-state index contributed by atoms with van der Waals surface area (Å²) in [5.41, 5.74) is -1.83. The molecule has 0 heterocycles. The van der Waals surface area contributed by atoms with Gasteiger partial charge in [-0.25, -0.2) is 0 Å². The Kier molecular flexibility index (Phi) is 21.9. The Labute approximate surface area is 222 Å². The van der Waals surface area contributed by atoms with Crippen molar-refractivity contribution in [3.8, 4) is 0 Å². The minimum absolute atomic E-state index is 0.0387. The summed E-state index contributed by atoms with van der Waals surface area (Å²) in [5, 5.41) is 42.4. The second-order valence-electron chi connectivity index (χ2n) is 11.7. The number of amides is 1. The second-order valence-corrected chi connectivity index (χ2v) is 11.7. The summed E-state index contributed by atoms with van der Waals surface area (Å²) in [7, 11) is 0. The average Bonchev–Trinajstić information content (AvgIpc) is 2.86. The summed E-state index contributed by atoms with van der Waals surface area (Å²) < 4.78 is 0. The first-order chi connectivity index (χ1) is 17.2. The number of aliphatic hydroxyl groups is 4. The van der Waals surface area contributed by atoms with E-state index >= 15 is 0 Å². The fraction of sp³-hybridized carbons (Fsp3) is 0.967. The molecule has 0 bridgehead atoms. The van der Waals surface area contributed by atoms with E-state index in [0.29, 0.717) is 25.7 Å². The van der Waals surface area contributed by atoms with Gasteiger partial charge in [0.1, 0.15) is 6.10 Å². The molecular formula is C30H61NO5. The van der Waals surface area contributed by atoms with Crippen LogP contribution >= 0.6 is 0 Å². The standard InChI is InChI=1S/C30H61NO5/c1-4-5-6-7-8-9-10-11-12-13-14-15-16-17-18-19-21-30(36,22-20-25-32)23-24-31-28(35)27(34)29(2,3)26-33/h27,32-34,36H,4-26H2,1-3H3,(H,31,35)/t27-,30?/m0/s1. The highest BCUT2D eigenvalue weighted by molar-refractivity contribution is 5.81. The lowest BCUT2D eigenvalue weighted by Gasteiger charge is -2.30. The molecule has 0 saturated heterocycles. The number of rotatable bonds is 26. The monoisotopic (exact) mass is 515 g/mol. The van der Waals surface area contributed by atoms with Crippen molar-refractivity contribution in [1.82, 2.24) is 5.32 Å². The topological polar surface area (TPSA) is 110 Å². The summed E-state index contributed by atoms with van der Waals surface area (Å²) >= 11 is 0. The molecule has 5 N–H and O–H groups in total. The number of unbranched alkanes of at least 4 members (excludes halogenated alkanes) is 15. The van der Waals surface area contributed by atoms with E-state index in [0.717, 1.165) is 12.8 Å². The molecule has 0 fully saturated rings. The highest BCUT2D eigenvalue weighted by atomic mass is 16.3. The van der Waals surface area contributed by atoms with Crippen LogP contribution in [0.1, 0.15) is 149 Å². The molecule has 0 aliphatic carbocycles. The second kappa shape index (κ2) is 22.3. The van der Waals surface area contributed by atoms with E-state index < -0.39 is 23.0 Å². The van der Waals surface area contributed by atoms with Crippen molar-refractivity contribution >= 4 is 5.91 Å². The van der Waals surface area contributed by atoms with E-state index in [1.165, 1.54) is 89.9 Å². The molecule has 6 heteroatoms. The van der Waals surface area contributed by atoms with E-state index in [2.05, 4.69) is 12.2 Å². The Morgan fingerprint density at radius 2 is 1.11 bits per heavy atom. The van der Waals surface area contributed by atoms with Gasteiger partial charge in [-0.15, -0.1) is 0 Å². The molecule has 36 heavy (non-hydrogen) atoms. The molecule has 216 valence electrons. The van der Waals surface area contributed by atoms with E-state index in [9.17, 15) is 25.2 Å². The van der Waals surface area contributed by atoms with Gasteiger partial charge >= 0.3 is 0 Å². The van der Waals surface area contributed by atoms with Gasteiger partial charge in [-0.3, -0.25) is 4.79 Å². The number of nitrogens with one attached hydrogen (secondary N) is 1. The van der Waals surface area contributed by atoms with Crippen LogP contribution in [0, 0.1) is 5.41 Å². The maximum absolute atomic E-state index is 12.2. The van der Waals surface area contributed by atoms with Crippen molar-refractivity contribution in [3.63, 3.8) is 0 Å². The quantitative estimate of drug-likeness (QED) is 0.0904. The lowest BCUT2D eigenvalue weighted by molar-refractivity contribution is -0.137. The molecule has 2 atom stereocenters. The third-order valence-electron chi connectivity index (χ3n) is 7.58. The van der Waals surface area contributed by atoms with Crippen LogP contribution in [-0.2, 0) is 4.79 Å². The smallest absolute Gasteiger partial charge is 0.249 e. The highest BCUT2D eigenvalue weighted by Crippen LogP contribution is 2.25. The molecule has 0 aromatic heterocycles. The first-order valence-corrected chi connectivity index (χ1v) is 15.1. The predicted molar refractivity (Wildman–Crippen MR) is 150 cm³/mol. The number of carbonyl (C=O) groups is 1. The van der Waals surface area contributed by atoms with Crippen molar-refractivity contribution < 1.29 is 25.2 Å². The normalized spacial score (nSPS) is 14.5. The van der Waals surface area contributed by atoms with E-state index in [4.69, 9.17) is 0 Å². The molecule has 0 aromatic carbocycles. The van der Waals surface area contributed by atoms with Crippen molar-refractivity contribution in [2.24, 2.45) is 5.41 Å². The number of aliphatic hydroxyl groups excluding tert-OH is 3. The average molecular weight is 516 g/mol. The Hall–Kier alpha value is -0.690. The molecule has 0 aliphatic heterocycles. The van der Waals surface area contributed by atoms with Crippen molar-refractivity contribution in [3.05, 3.63) is 0 Å². The Morgan fingerprint density at radius 3 is 1.53 bits per heavy atom. The number of hydrogen-bond donors (Lipinski definition) is 5. The zero-order valence-electron chi connectivity index (χ0n) is 24.0. The zero-order chi connectivity index (χ0) is 27.1. The largest absolute Gasteiger partial charge is 0.396 e. The maximum Gasteiger partial charge on any atom is 0.249 e. The predicted octanol–water partition coefficient (Wildman–Crippen LogP) is 6.03.